The van der Waals surface area contributed by atoms with Gasteiger partial charge >= 0.3 is 0 Å². The van der Waals surface area contributed by atoms with Gasteiger partial charge in [0.15, 0.2) is 0 Å². The van der Waals surface area contributed by atoms with Crippen molar-refractivity contribution >= 4 is 40.6 Å². The van der Waals surface area contributed by atoms with Crippen LogP contribution in [0.5, 0.6) is 0 Å². The maximum absolute atomic E-state index is 12.3. The van der Waals surface area contributed by atoms with Crippen molar-refractivity contribution in [3.8, 4) is 0 Å². The molecule has 0 spiro atoms. The number of benzene rings is 1. The minimum absolute atomic E-state index is 0.0876. The van der Waals surface area contributed by atoms with Gasteiger partial charge in [0.2, 0.25) is 5.91 Å². The number of amides is 1. The molecule has 2 aromatic rings. The van der Waals surface area contributed by atoms with E-state index in [1.54, 1.807) is 18.2 Å². The number of hydrogen-bond donors (Lipinski definition) is 1. The molecule has 1 fully saturated rings. The zero-order chi connectivity index (χ0) is 21.0. The average molecular weight is 436 g/mol. The molecule has 2 heterocycles. The number of nitrogens with one attached hydrogen (secondary N) is 1. The highest BCUT2D eigenvalue weighted by molar-refractivity contribution is 6.39. The van der Waals surface area contributed by atoms with Gasteiger partial charge in [-0.1, -0.05) is 43.1 Å². The third-order valence-corrected chi connectivity index (χ3v) is 5.58. The summed E-state index contributed by atoms with van der Waals surface area (Å²) in [4.78, 5) is 26.1. The second-order valence-electron chi connectivity index (χ2n) is 7.60. The van der Waals surface area contributed by atoms with Crippen molar-refractivity contribution < 1.29 is 4.79 Å². The lowest BCUT2D eigenvalue weighted by molar-refractivity contribution is -0.116. The van der Waals surface area contributed by atoms with Crippen molar-refractivity contribution in [2.24, 2.45) is 0 Å². The highest BCUT2D eigenvalue weighted by Crippen LogP contribution is 2.29. The molecule has 1 N–H and O–H groups in total. The highest BCUT2D eigenvalue weighted by atomic mass is 35.5. The average Bonchev–Trinajstić information content (AvgIpc) is 2.69. The van der Waals surface area contributed by atoms with E-state index >= 15 is 0 Å². The number of nitrogens with zero attached hydrogens (tertiary/aromatic N) is 4. The first kappa shape index (κ1) is 21.8. The van der Waals surface area contributed by atoms with Crippen LogP contribution in [0, 0.1) is 6.92 Å². The maximum Gasteiger partial charge on any atom is 0.225 e. The van der Waals surface area contributed by atoms with Crippen molar-refractivity contribution in [2.75, 3.05) is 42.9 Å². The van der Waals surface area contributed by atoms with Crippen molar-refractivity contribution in [3.05, 3.63) is 45.8 Å². The number of para-hydroxylation sites is 1. The molecule has 1 aromatic heterocycles. The van der Waals surface area contributed by atoms with Crippen molar-refractivity contribution in [1.29, 1.82) is 0 Å². The number of aryl methyl sites for hydroxylation is 1. The van der Waals surface area contributed by atoms with Crippen LogP contribution in [0.4, 0.5) is 11.5 Å². The van der Waals surface area contributed by atoms with Gasteiger partial charge in [0.05, 0.1) is 15.7 Å². The van der Waals surface area contributed by atoms with Crippen molar-refractivity contribution in [3.63, 3.8) is 0 Å². The minimum atomic E-state index is -0.0876. The Morgan fingerprint density at radius 1 is 1.14 bits per heavy atom. The molecule has 1 aliphatic heterocycles. The molecule has 0 saturated carbocycles. The summed E-state index contributed by atoms with van der Waals surface area (Å²) >= 11 is 12.2. The molecule has 1 amide bonds. The van der Waals surface area contributed by atoms with Gasteiger partial charge in [0.25, 0.3) is 0 Å². The summed E-state index contributed by atoms with van der Waals surface area (Å²) < 4.78 is 0. The first-order valence-corrected chi connectivity index (χ1v) is 10.7. The molecule has 1 aromatic carbocycles. The summed E-state index contributed by atoms with van der Waals surface area (Å²) in [5, 5.41) is 3.71. The van der Waals surface area contributed by atoms with Crippen LogP contribution >= 0.6 is 23.2 Å². The molecule has 0 unspecified atom stereocenters. The number of anilines is 2. The van der Waals surface area contributed by atoms with Crippen LogP contribution in [0.1, 0.15) is 37.7 Å². The molecular formula is C21H27Cl2N5O. The molecular weight excluding hydrogens is 409 g/mol. The van der Waals surface area contributed by atoms with Crippen LogP contribution < -0.4 is 10.2 Å². The molecule has 1 saturated heterocycles. The summed E-state index contributed by atoms with van der Waals surface area (Å²) in [7, 11) is 0. The Labute approximate surface area is 182 Å². The predicted molar refractivity (Wildman–Crippen MR) is 119 cm³/mol. The topological polar surface area (TPSA) is 61.4 Å². The van der Waals surface area contributed by atoms with Gasteiger partial charge in [-0.3, -0.25) is 9.69 Å². The summed E-state index contributed by atoms with van der Waals surface area (Å²) in [6.07, 6.45) is 0.395. The van der Waals surface area contributed by atoms with E-state index in [4.69, 9.17) is 28.2 Å². The fourth-order valence-corrected chi connectivity index (χ4v) is 3.77. The lowest BCUT2D eigenvalue weighted by Gasteiger charge is -2.35. The Morgan fingerprint density at radius 3 is 2.41 bits per heavy atom. The Morgan fingerprint density at radius 2 is 1.79 bits per heavy atom. The van der Waals surface area contributed by atoms with E-state index in [9.17, 15) is 4.79 Å². The lowest BCUT2D eigenvalue weighted by atomic mass is 10.2. The molecule has 29 heavy (non-hydrogen) atoms. The quantitative estimate of drug-likeness (QED) is 0.729. The van der Waals surface area contributed by atoms with Gasteiger partial charge in [-0.15, -0.1) is 0 Å². The number of carbonyl (C=O) groups is 1. The van der Waals surface area contributed by atoms with Gasteiger partial charge < -0.3 is 10.2 Å². The molecule has 1 aliphatic rings. The van der Waals surface area contributed by atoms with Gasteiger partial charge in [-0.05, 0) is 19.1 Å². The second-order valence-corrected chi connectivity index (χ2v) is 8.42. The molecule has 156 valence electrons. The van der Waals surface area contributed by atoms with Crippen LogP contribution in [0.3, 0.4) is 0 Å². The van der Waals surface area contributed by atoms with E-state index in [2.05, 4.69) is 33.9 Å². The van der Waals surface area contributed by atoms with Gasteiger partial charge in [0.1, 0.15) is 11.6 Å². The predicted octanol–water partition coefficient (Wildman–Crippen LogP) is 4.37. The Bertz CT molecular complexity index is 846. The molecule has 8 heteroatoms. The number of halogens is 2. The van der Waals surface area contributed by atoms with E-state index in [-0.39, 0.29) is 5.91 Å². The molecule has 0 aliphatic carbocycles. The Hall–Kier alpha value is -1.89. The third-order valence-electron chi connectivity index (χ3n) is 4.95. The first-order valence-electron chi connectivity index (χ1n) is 9.90. The summed E-state index contributed by atoms with van der Waals surface area (Å²) in [5.74, 6) is 2.10. The van der Waals surface area contributed by atoms with Gasteiger partial charge in [-0.2, -0.15) is 0 Å². The van der Waals surface area contributed by atoms with Crippen LogP contribution in [0.25, 0.3) is 0 Å². The van der Waals surface area contributed by atoms with E-state index in [1.807, 2.05) is 13.0 Å². The second kappa shape index (κ2) is 9.74. The van der Waals surface area contributed by atoms with Gasteiger partial charge in [-0.25, -0.2) is 9.97 Å². The smallest absolute Gasteiger partial charge is 0.225 e. The monoisotopic (exact) mass is 435 g/mol. The van der Waals surface area contributed by atoms with Crippen LogP contribution in [-0.4, -0.2) is 53.5 Å². The number of carbonyl (C=O) groups excluding carboxylic acids is 1. The van der Waals surface area contributed by atoms with Crippen molar-refractivity contribution in [1.82, 2.24) is 14.9 Å². The Balaban J connectivity index is 1.50. The highest BCUT2D eigenvalue weighted by Gasteiger charge is 2.20. The lowest BCUT2D eigenvalue weighted by Crippen LogP contribution is -2.47. The summed E-state index contributed by atoms with van der Waals surface area (Å²) in [6.45, 7) is 10.5. The molecule has 6 nitrogen and oxygen atoms in total. The summed E-state index contributed by atoms with van der Waals surface area (Å²) in [6, 6.07) is 7.22. The third kappa shape index (κ3) is 5.81. The zero-order valence-corrected chi connectivity index (χ0v) is 18.6. The number of rotatable bonds is 6. The van der Waals surface area contributed by atoms with E-state index < -0.39 is 0 Å². The molecule has 3 rings (SSSR count). The van der Waals surface area contributed by atoms with Crippen LogP contribution in [0.15, 0.2) is 24.3 Å². The fourth-order valence-electron chi connectivity index (χ4n) is 3.27. The van der Waals surface area contributed by atoms with Crippen LogP contribution in [0.2, 0.25) is 10.0 Å². The molecule has 0 radical (unpaired) electrons. The van der Waals surface area contributed by atoms with Crippen molar-refractivity contribution in [2.45, 2.75) is 33.1 Å². The summed E-state index contributed by atoms with van der Waals surface area (Å²) in [5.41, 5.74) is 1.47. The van der Waals surface area contributed by atoms with E-state index in [0.29, 0.717) is 34.6 Å². The normalized spacial score (nSPS) is 15.0. The maximum atomic E-state index is 12.3. The van der Waals surface area contributed by atoms with Crippen LogP contribution in [-0.2, 0) is 4.79 Å². The zero-order valence-electron chi connectivity index (χ0n) is 17.1. The van der Waals surface area contributed by atoms with E-state index in [1.165, 1.54) is 0 Å². The Kier molecular flexibility index (Phi) is 7.33. The standard InChI is InChI=1S/C21H27Cl2N5O/c1-14(2)21-24-15(3)13-18(25-21)28-11-9-27(10-12-28)8-7-19(29)26-20-16(22)5-4-6-17(20)23/h4-6,13-14H,7-12H2,1-3H3,(H,26,29). The fraction of sp³-hybridized carbons (Fsp3) is 0.476. The first-order chi connectivity index (χ1) is 13.8. The number of aromatic nitrogens is 2. The minimum Gasteiger partial charge on any atom is -0.354 e. The number of hydrogen-bond acceptors (Lipinski definition) is 5. The van der Waals surface area contributed by atoms with Gasteiger partial charge in [0, 0.05) is 56.8 Å². The largest absolute Gasteiger partial charge is 0.354 e. The van der Waals surface area contributed by atoms with E-state index in [0.717, 1.165) is 43.5 Å². The SMILES string of the molecule is Cc1cc(N2CCN(CCC(=O)Nc3c(Cl)cccc3Cl)CC2)nc(C(C)C)n1. The number of piperazine rings is 1. The molecule has 0 bridgehead atoms. The molecule has 0 atom stereocenters.